The Morgan fingerprint density at radius 1 is 1.00 bits per heavy atom. The van der Waals surface area contributed by atoms with Gasteiger partial charge in [-0.3, -0.25) is 4.79 Å². The smallest absolute Gasteiger partial charge is 0.266 e. The molecule has 0 saturated heterocycles. The average Bonchev–Trinajstić information content (AvgIpc) is 2.66. The Balaban J connectivity index is 2.27. The fraction of sp³-hybridized carbons (Fsp3) is 0.158. The van der Waals surface area contributed by atoms with Gasteiger partial charge >= 0.3 is 0 Å². The molecule has 0 aliphatic rings. The summed E-state index contributed by atoms with van der Waals surface area (Å²) in [7, 11) is 4.62. The largest absolute Gasteiger partial charge is 0.497 e. The molecule has 0 atom stereocenters. The molecule has 6 heteroatoms. The van der Waals surface area contributed by atoms with Crippen molar-refractivity contribution in [1.82, 2.24) is 0 Å². The van der Waals surface area contributed by atoms with Gasteiger partial charge in [-0.2, -0.15) is 5.26 Å². The number of benzene rings is 2. The molecule has 6 nitrogen and oxygen atoms in total. The maximum Gasteiger partial charge on any atom is 0.266 e. The van der Waals surface area contributed by atoms with Crippen molar-refractivity contribution in [2.45, 2.75) is 0 Å². The van der Waals surface area contributed by atoms with Gasteiger partial charge in [-0.25, -0.2) is 0 Å². The molecule has 0 spiro atoms. The topological polar surface area (TPSA) is 80.6 Å². The van der Waals surface area contributed by atoms with Crippen LogP contribution in [0.1, 0.15) is 5.56 Å². The van der Waals surface area contributed by atoms with Gasteiger partial charge in [0.05, 0.1) is 21.3 Å². The van der Waals surface area contributed by atoms with E-state index in [1.54, 1.807) is 49.6 Å². The van der Waals surface area contributed by atoms with Crippen LogP contribution >= 0.6 is 0 Å². The number of methoxy groups -OCH3 is 3. The zero-order chi connectivity index (χ0) is 18.2. The minimum Gasteiger partial charge on any atom is -0.497 e. The van der Waals surface area contributed by atoms with E-state index in [2.05, 4.69) is 5.32 Å². The maximum absolute atomic E-state index is 12.4. The number of carbonyl (C=O) groups excluding carboxylic acids is 1. The third kappa shape index (κ3) is 4.52. The number of hydrogen-bond acceptors (Lipinski definition) is 5. The lowest BCUT2D eigenvalue weighted by Crippen LogP contribution is -2.13. The van der Waals surface area contributed by atoms with E-state index < -0.39 is 5.91 Å². The van der Waals surface area contributed by atoms with Crippen LogP contribution in [0.3, 0.4) is 0 Å². The first-order chi connectivity index (χ1) is 12.1. The Kier molecular flexibility index (Phi) is 6.02. The standard InChI is InChI=1S/C19H18N2O4/c1-23-16-6-4-15(5-7-16)21-19(22)14(12-20)10-13-11-17(24-2)8-9-18(13)25-3/h4-11H,1-3H3,(H,21,22)/b14-10+. The molecule has 2 aromatic rings. The van der Waals surface area contributed by atoms with Crippen LogP contribution in [0.25, 0.3) is 6.08 Å². The molecule has 2 aromatic carbocycles. The van der Waals surface area contributed by atoms with Crippen LogP contribution in [0, 0.1) is 11.3 Å². The number of rotatable bonds is 6. The lowest BCUT2D eigenvalue weighted by atomic mass is 10.1. The first-order valence-corrected chi connectivity index (χ1v) is 7.40. The van der Waals surface area contributed by atoms with Gasteiger partial charge in [0.25, 0.3) is 5.91 Å². The molecule has 1 N–H and O–H groups in total. The highest BCUT2D eigenvalue weighted by Crippen LogP contribution is 2.26. The van der Waals surface area contributed by atoms with Crippen LogP contribution in [0.4, 0.5) is 5.69 Å². The Bertz CT molecular complexity index is 820. The third-order valence-electron chi connectivity index (χ3n) is 3.45. The second-order valence-corrected chi connectivity index (χ2v) is 4.96. The van der Waals surface area contributed by atoms with Gasteiger partial charge < -0.3 is 19.5 Å². The molecule has 0 aromatic heterocycles. The lowest BCUT2D eigenvalue weighted by molar-refractivity contribution is -0.112. The van der Waals surface area contributed by atoms with Gasteiger partial charge in [-0.1, -0.05) is 0 Å². The molecule has 0 saturated carbocycles. The van der Waals surface area contributed by atoms with Crippen LogP contribution in [0.5, 0.6) is 17.2 Å². The predicted molar refractivity (Wildman–Crippen MR) is 94.8 cm³/mol. The minimum absolute atomic E-state index is 0.0534. The highest BCUT2D eigenvalue weighted by Gasteiger charge is 2.12. The number of hydrogen-bond donors (Lipinski definition) is 1. The van der Waals surface area contributed by atoms with E-state index in [1.807, 2.05) is 6.07 Å². The van der Waals surface area contributed by atoms with Crippen molar-refractivity contribution in [3.63, 3.8) is 0 Å². The highest BCUT2D eigenvalue weighted by molar-refractivity contribution is 6.09. The molecule has 0 fully saturated rings. The zero-order valence-electron chi connectivity index (χ0n) is 14.2. The summed E-state index contributed by atoms with van der Waals surface area (Å²) in [6, 6.07) is 13.9. The Hall–Kier alpha value is -3.46. The van der Waals surface area contributed by atoms with Gasteiger partial charge in [0, 0.05) is 11.3 Å². The van der Waals surface area contributed by atoms with E-state index in [-0.39, 0.29) is 5.57 Å². The number of carbonyl (C=O) groups is 1. The second-order valence-electron chi connectivity index (χ2n) is 4.96. The fourth-order valence-electron chi connectivity index (χ4n) is 2.13. The molecule has 0 aliphatic carbocycles. The summed E-state index contributed by atoms with van der Waals surface area (Å²) in [5.74, 6) is 1.29. The maximum atomic E-state index is 12.4. The van der Waals surface area contributed by atoms with Crippen molar-refractivity contribution < 1.29 is 19.0 Å². The van der Waals surface area contributed by atoms with Crippen LogP contribution in [-0.4, -0.2) is 27.2 Å². The van der Waals surface area contributed by atoms with E-state index >= 15 is 0 Å². The first kappa shape index (κ1) is 17.9. The number of nitrogens with zero attached hydrogens (tertiary/aromatic N) is 1. The number of amides is 1. The normalized spacial score (nSPS) is 10.6. The van der Waals surface area contributed by atoms with Crippen molar-refractivity contribution in [3.8, 4) is 23.3 Å². The summed E-state index contributed by atoms with van der Waals surface area (Å²) in [5, 5.41) is 12.0. The number of anilines is 1. The highest BCUT2D eigenvalue weighted by atomic mass is 16.5. The van der Waals surface area contributed by atoms with E-state index in [0.717, 1.165) is 0 Å². The molecule has 25 heavy (non-hydrogen) atoms. The van der Waals surface area contributed by atoms with E-state index in [0.29, 0.717) is 28.5 Å². The molecular formula is C19H18N2O4. The molecular weight excluding hydrogens is 320 g/mol. The zero-order valence-corrected chi connectivity index (χ0v) is 14.2. The van der Waals surface area contributed by atoms with Crippen molar-refractivity contribution in [2.24, 2.45) is 0 Å². The molecule has 2 rings (SSSR count). The summed E-state index contributed by atoms with van der Waals surface area (Å²) >= 11 is 0. The molecule has 1 amide bonds. The summed E-state index contributed by atoms with van der Waals surface area (Å²) in [5.41, 5.74) is 1.08. The van der Waals surface area contributed by atoms with E-state index in [4.69, 9.17) is 14.2 Å². The van der Waals surface area contributed by atoms with Crippen molar-refractivity contribution in [3.05, 3.63) is 53.6 Å². The quantitative estimate of drug-likeness (QED) is 0.646. The van der Waals surface area contributed by atoms with Gasteiger partial charge in [-0.15, -0.1) is 0 Å². The molecule has 0 heterocycles. The van der Waals surface area contributed by atoms with Gasteiger partial charge in [0.1, 0.15) is 28.9 Å². The lowest BCUT2D eigenvalue weighted by Gasteiger charge is -2.09. The van der Waals surface area contributed by atoms with Crippen LogP contribution < -0.4 is 19.5 Å². The average molecular weight is 338 g/mol. The molecule has 0 unspecified atom stereocenters. The second kappa shape index (κ2) is 8.41. The van der Waals surface area contributed by atoms with E-state index in [1.165, 1.54) is 20.3 Å². The molecule has 0 aliphatic heterocycles. The SMILES string of the molecule is COc1ccc(NC(=O)/C(C#N)=C/c2cc(OC)ccc2OC)cc1. The summed E-state index contributed by atoms with van der Waals surface area (Å²) in [6.45, 7) is 0. The monoisotopic (exact) mass is 338 g/mol. The Morgan fingerprint density at radius 2 is 1.64 bits per heavy atom. The fourth-order valence-corrected chi connectivity index (χ4v) is 2.13. The number of nitriles is 1. The third-order valence-corrected chi connectivity index (χ3v) is 3.45. The minimum atomic E-state index is -0.516. The summed E-state index contributed by atoms with van der Waals surface area (Å²) < 4.78 is 15.5. The van der Waals surface area contributed by atoms with Gasteiger partial charge in [-0.05, 0) is 48.5 Å². The van der Waals surface area contributed by atoms with Crippen molar-refractivity contribution >= 4 is 17.7 Å². The van der Waals surface area contributed by atoms with Gasteiger partial charge in [0.2, 0.25) is 0 Å². The molecule has 0 bridgehead atoms. The predicted octanol–water partition coefficient (Wildman–Crippen LogP) is 3.26. The van der Waals surface area contributed by atoms with E-state index in [9.17, 15) is 10.1 Å². The first-order valence-electron chi connectivity index (χ1n) is 7.40. The Labute approximate surface area is 146 Å². The van der Waals surface area contributed by atoms with Crippen molar-refractivity contribution in [2.75, 3.05) is 26.6 Å². The number of nitrogens with one attached hydrogen (secondary N) is 1. The van der Waals surface area contributed by atoms with Crippen molar-refractivity contribution in [1.29, 1.82) is 5.26 Å². The van der Waals surface area contributed by atoms with Gasteiger partial charge in [0.15, 0.2) is 0 Å². The Morgan fingerprint density at radius 3 is 2.20 bits per heavy atom. The van der Waals surface area contributed by atoms with Crippen LogP contribution in [-0.2, 0) is 4.79 Å². The summed E-state index contributed by atoms with van der Waals surface area (Å²) in [4.78, 5) is 12.4. The molecule has 0 radical (unpaired) electrons. The summed E-state index contributed by atoms with van der Waals surface area (Å²) in [6.07, 6.45) is 1.46. The number of ether oxygens (including phenoxy) is 3. The van der Waals surface area contributed by atoms with Crippen LogP contribution in [0.15, 0.2) is 48.0 Å². The van der Waals surface area contributed by atoms with Crippen LogP contribution in [0.2, 0.25) is 0 Å². The molecule has 128 valence electrons.